The predicted octanol–water partition coefficient (Wildman–Crippen LogP) is 2.18. The van der Waals surface area contributed by atoms with Gasteiger partial charge in [-0.15, -0.1) is 0 Å². The summed E-state index contributed by atoms with van der Waals surface area (Å²) in [5, 5.41) is 11.4. The van der Waals surface area contributed by atoms with E-state index in [1.54, 1.807) is 0 Å². The van der Waals surface area contributed by atoms with Gasteiger partial charge in [-0.2, -0.15) is 0 Å². The molecule has 0 spiro atoms. The van der Waals surface area contributed by atoms with Gasteiger partial charge in [-0.3, -0.25) is 9.59 Å². The molecule has 0 aromatic rings. The fraction of sp³-hybridized carbons (Fsp3) is 0.857. The Hall–Kier alpha value is -1.06. The van der Waals surface area contributed by atoms with Gasteiger partial charge in [-0.25, -0.2) is 0 Å². The van der Waals surface area contributed by atoms with Crippen LogP contribution in [0.2, 0.25) is 0 Å². The Kier molecular flexibility index (Phi) is 4.25. The Bertz CT molecular complexity index is 329. The average Bonchev–Trinajstić information content (AvgIpc) is 2.37. The summed E-state index contributed by atoms with van der Waals surface area (Å²) in [5.41, 5.74) is 0. The molecule has 0 aliphatic heterocycles. The fourth-order valence-electron chi connectivity index (χ4n) is 3.50. The minimum Gasteiger partial charge on any atom is -0.480 e. The second-order valence-corrected chi connectivity index (χ2v) is 5.88. The van der Waals surface area contributed by atoms with Crippen LogP contribution < -0.4 is 5.32 Å². The van der Waals surface area contributed by atoms with Gasteiger partial charge in [-0.05, 0) is 38.0 Å². The number of nitrogens with one attached hydrogen (secondary N) is 1. The van der Waals surface area contributed by atoms with Crippen LogP contribution in [0.1, 0.15) is 51.9 Å². The number of rotatable bonds is 3. The van der Waals surface area contributed by atoms with Gasteiger partial charge in [0.2, 0.25) is 5.91 Å². The number of amides is 1. The van der Waals surface area contributed by atoms with Crippen molar-refractivity contribution in [2.24, 2.45) is 17.8 Å². The predicted molar refractivity (Wildman–Crippen MR) is 68.0 cm³/mol. The molecule has 4 nitrogen and oxygen atoms in total. The molecule has 2 aliphatic carbocycles. The molecule has 0 saturated heterocycles. The zero-order chi connectivity index (χ0) is 13.1. The molecule has 18 heavy (non-hydrogen) atoms. The third-order valence-electron chi connectivity index (χ3n) is 4.64. The molecule has 102 valence electrons. The van der Waals surface area contributed by atoms with E-state index in [2.05, 4.69) is 5.32 Å². The van der Waals surface area contributed by atoms with Crippen LogP contribution in [0.25, 0.3) is 0 Å². The van der Waals surface area contributed by atoms with Crippen LogP contribution in [0.4, 0.5) is 0 Å². The molecule has 1 amide bonds. The Morgan fingerprint density at radius 2 is 1.78 bits per heavy atom. The van der Waals surface area contributed by atoms with Crippen molar-refractivity contribution in [2.45, 2.75) is 57.9 Å². The third-order valence-corrected chi connectivity index (χ3v) is 4.64. The first-order valence-corrected chi connectivity index (χ1v) is 7.11. The molecule has 4 heteroatoms. The van der Waals surface area contributed by atoms with Gasteiger partial charge in [0.1, 0.15) is 6.04 Å². The van der Waals surface area contributed by atoms with Crippen molar-refractivity contribution in [2.75, 3.05) is 0 Å². The van der Waals surface area contributed by atoms with Crippen molar-refractivity contribution in [1.29, 1.82) is 0 Å². The van der Waals surface area contributed by atoms with Crippen molar-refractivity contribution in [1.82, 2.24) is 5.32 Å². The zero-order valence-electron chi connectivity index (χ0n) is 11.0. The summed E-state index contributed by atoms with van der Waals surface area (Å²) < 4.78 is 0. The van der Waals surface area contributed by atoms with E-state index >= 15 is 0 Å². The largest absolute Gasteiger partial charge is 0.480 e. The van der Waals surface area contributed by atoms with Gasteiger partial charge >= 0.3 is 5.97 Å². The Labute approximate surface area is 108 Å². The summed E-state index contributed by atoms with van der Waals surface area (Å²) in [6.07, 6.45) is 8.25. The number of carbonyl (C=O) groups is 2. The highest BCUT2D eigenvalue weighted by Crippen LogP contribution is 2.42. The second kappa shape index (κ2) is 5.72. The number of aliphatic carboxylic acids is 1. The van der Waals surface area contributed by atoms with Gasteiger partial charge in [-0.1, -0.05) is 25.7 Å². The van der Waals surface area contributed by atoms with Crippen LogP contribution in [0, 0.1) is 17.8 Å². The second-order valence-electron chi connectivity index (χ2n) is 5.88. The van der Waals surface area contributed by atoms with Gasteiger partial charge in [0.15, 0.2) is 0 Å². The first-order valence-electron chi connectivity index (χ1n) is 7.11. The minimum atomic E-state index is -0.963. The lowest BCUT2D eigenvalue weighted by atomic mass is 9.67. The molecule has 3 unspecified atom stereocenters. The van der Waals surface area contributed by atoms with Crippen LogP contribution in [0.15, 0.2) is 0 Å². The number of hydrogen-bond acceptors (Lipinski definition) is 2. The number of fused-ring (bicyclic) bond motifs is 1. The smallest absolute Gasteiger partial charge is 0.325 e. The van der Waals surface area contributed by atoms with Crippen molar-refractivity contribution in [3.05, 3.63) is 0 Å². The Morgan fingerprint density at radius 3 is 2.44 bits per heavy atom. The quantitative estimate of drug-likeness (QED) is 0.810. The lowest BCUT2D eigenvalue weighted by Gasteiger charge is -2.38. The van der Waals surface area contributed by atoms with Crippen LogP contribution in [-0.4, -0.2) is 23.0 Å². The number of carbonyl (C=O) groups excluding carboxylic acids is 1. The lowest BCUT2D eigenvalue weighted by Crippen LogP contribution is -2.44. The van der Waals surface area contributed by atoms with Crippen molar-refractivity contribution in [3.8, 4) is 0 Å². The van der Waals surface area contributed by atoms with E-state index in [9.17, 15) is 9.59 Å². The number of carboxylic acid groups (broad SMARTS) is 1. The maximum absolute atomic E-state index is 12.0. The van der Waals surface area contributed by atoms with Crippen LogP contribution in [0.5, 0.6) is 0 Å². The monoisotopic (exact) mass is 253 g/mol. The summed E-state index contributed by atoms with van der Waals surface area (Å²) >= 11 is 0. The fourth-order valence-corrected chi connectivity index (χ4v) is 3.50. The SMILES string of the molecule is C[C@@H](NC(=O)C1CCC2CCCCC2C1)C(=O)O. The maximum atomic E-state index is 12.0. The molecule has 2 N–H and O–H groups in total. The summed E-state index contributed by atoms with van der Waals surface area (Å²) in [6.45, 7) is 1.52. The van der Waals surface area contributed by atoms with Crippen LogP contribution in [0.3, 0.4) is 0 Å². The first kappa shape index (κ1) is 13.4. The van der Waals surface area contributed by atoms with Gasteiger partial charge in [0.25, 0.3) is 0 Å². The van der Waals surface area contributed by atoms with Gasteiger partial charge < -0.3 is 10.4 Å². The molecular weight excluding hydrogens is 230 g/mol. The molecule has 2 rings (SSSR count). The van der Waals surface area contributed by atoms with Crippen molar-refractivity contribution >= 4 is 11.9 Å². The molecule has 0 aromatic carbocycles. The van der Waals surface area contributed by atoms with Gasteiger partial charge in [0, 0.05) is 5.92 Å². The van der Waals surface area contributed by atoms with E-state index in [-0.39, 0.29) is 11.8 Å². The topological polar surface area (TPSA) is 66.4 Å². The van der Waals surface area contributed by atoms with Crippen LogP contribution >= 0.6 is 0 Å². The Balaban J connectivity index is 1.86. The summed E-state index contributed by atoms with van der Waals surface area (Å²) in [6, 6.07) is -0.776. The number of carboxylic acids is 1. The highest BCUT2D eigenvalue weighted by molar-refractivity contribution is 5.84. The summed E-state index contributed by atoms with van der Waals surface area (Å²) in [4.78, 5) is 22.7. The highest BCUT2D eigenvalue weighted by Gasteiger charge is 2.35. The van der Waals surface area contributed by atoms with Gasteiger partial charge in [0.05, 0.1) is 0 Å². The average molecular weight is 253 g/mol. The summed E-state index contributed by atoms with van der Waals surface area (Å²) in [5.74, 6) is 0.526. The number of hydrogen-bond donors (Lipinski definition) is 2. The molecular formula is C14H23NO3. The molecule has 2 saturated carbocycles. The molecule has 0 radical (unpaired) electrons. The minimum absolute atomic E-state index is 0.0335. The van der Waals surface area contributed by atoms with Crippen LogP contribution in [-0.2, 0) is 9.59 Å². The molecule has 0 heterocycles. The van der Waals surface area contributed by atoms with Crippen molar-refractivity contribution < 1.29 is 14.7 Å². The maximum Gasteiger partial charge on any atom is 0.325 e. The highest BCUT2D eigenvalue weighted by atomic mass is 16.4. The Morgan fingerprint density at radius 1 is 1.11 bits per heavy atom. The van der Waals surface area contributed by atoms with E-state index in [1.807, 2.05) is 0 Å². The molecule has 4 atom stereocenters. The summed E-state index contributed by atoms with van der Waals surface area (Å²) in [7, 11) is 0. The van der Waals surface area contributed by atoms with E-state index in [1.165, 1.54) is 32.6 Å². The van der Waals surface area contributed by atoms with E-state index in [0.717, 1.165) is 25.2 Å². The zero-order valence-corrected chi connectivity index (χ0v) is 11.0. The third kappa shape index (κ3) is 3.03. The normalized spacial score (nSPS) is 33.3. The standard InChI is InChI=1S/C14H23NO3/c1-9(14(17)18)15-13(16)12-7-6-10-4-2-3-5-11(10)8-12/h9-12H,2-8H2,1H3,(H,15,16)(H,17,18)/t9-,10?,11?,12?/m1/s1. The molecule has 2 aliphatic rings. The first-order chi connectivity index (χ1) is 8.58. The van der Waals surface area contributed by atoms with E-state index < -0.39 is 12.0 Å². The van der Waals surface area contributed by atoms with E-state index in [4.69, 9.17) is 5.11 Å². The molecule has 0 aromatic heterocycles. The van der Waals surface area contributed by atoms with E-state index in [0.29, 0.717) is 5.92 Å². The van der Waals surface area contributed by atoms with Crippen molar-refractivity contribution in [3.63, 3.8) is 0 Å². The molecule has 0 bridgehead atoms. The lowest BCUT2D eigenvalue weighted by molar-refractivity contribution is -0.142. The molecule has 2 fully saturated rings.